The predicted molar refractivity (Wildman–Crippen MR) is 96.1 cm³/mol. The van der Waals surface area contributed by atoms with Gasteiger partial charge in [0.15, 0.2) is 11.3 Å². The molecule has 8 nitrogen and oxygen atoms in total. The van der Waals surface area contributed by atoms with Crippen LogP contribution in [0.2, 0.25) is 0 Å². The van der Waals surface area contributed by atoms with Gasteiger partial charge < -0.3 is 25.8 Å². The molecule has 0 radical (unpaired) electrons. The smallest absolute Gasteiger partial charge is 0.409 e. The number of ether oxygens (including phenoxy) is 2. The molecule has 1 atom stereocenters. The van der Waals surface area contributed by atoms with Crippen LogP contribution in [-0.4, -0.2) is 54.0 Å². The third-order valence-electron chi connectivity index (χ3n) is 3.45. The fourth-order valence-corrected chi connectivity index (χ4v) is 2.09. The molecule has 144 valence electrons. The minimum Gasteiger partial charge on any atom is -0.458 e. The minimum atomic E-state index is -2.07. The molecular formula is C18H27N3O5. The van der Waals surface area contributed by atoms with Crippen molar-refractivity contribution in [2.24, 2.45) is 11.5 Å². The average Bonchev–Trinajstić information content (AvgIpc) is 2.57. The van der Waals surface area contributed by atoms with Gasteiger partial charge in [-0.25, -0.2) is 9.59 Å². The summed E-state index contributed by atoms with van der Waals surface area (Å²) in [6, 6.07) is 9.10. The number of hydrogen-bond acceptors (Lipinski definition) is 7. The molecule has 1 aromatic carbocycles. The van der Waals surface area contributed by atoms with E-state index < -0.39 is 42.1 Å². The Balaban J connectivity index is 2.81. The molecule has 0 saturated carbocycles. The first-order valence-corrected chi connectivity index (χ1v) is 8.17. The van der Waals surface area contributed by atoms with Crippen LogP contribution in [0.5, 0.6) is 0 Å². The van der Waals surface area contributed by atoms with Crippen molar-refractivity contribution in [2.75, 3.05) is 20.1 Å². The quantitative estimate of drug-likeness (QED) is 0.541. The second-order valence-corrected chi connectivity index (χ2v) is 7.00. The van der Waals surface area contributed by atoms with Crippen molar-refractivity contribution >= 4 is 17.8 Å². The number of esters is 1. The number of likely N-dealkylation sites (N-methyl/N-ethyl adjacent to an activating group) is 1. The Hall–Kier alpha value is -2.45. The van der Waals surface area contributed by atoms with E-state index >= 15 is 0 Å². The Labute approximate surface area is 153 Å². The van der Waals surface area contributed by atoms with Gasteiger partial charge >= 0.3 is 12.1 Å². The molecular weight excluding hydrogens is 338 g/mol. The van der Waals surface area contributed by atoms with E-state index in [9.17, 15) is 14.4 Å². The lowest BCUT2D eigenvalue weighted by Crippen LogP contribution is -2.64. The molecule has 0 saturated heterocycles. The first kappa shape index (κ1) is 21.6. The molecule has 0 aliphatic carbocycles. The molecule has 0 aliphatic heterocycles. The minimum absolute atomic E-state index is 0.0544. The lowest BCUT2D eigenvalue weighted by molar-refractivity contribution is -0.164. The highest BCUT2D eigenvalue weighted by Crippen LogP contribution is 2.15. The zero-order valence-corrected chi connectivity index (χ0v) is 15.7. The van der Waals surface area contributed by atoms with Crippen LogP contribution in [0.15, 0.2) is 30.3 Å². The van der Waals surface area contributed by atoms with Crippen molar-refractivity contribution in [2.45, 2.75) is 38.5 Å². The number of rotatable bonds is 7. The first-order valence-electron chi connectivity index (χ1n) is 8.17. The summed E-state index contributed by atoms with van der Waals surface area (Å²) in [6.07, 6.45) is -0.725. The summed E-state index contributed by atoms with van der Waals surface area (Å²) < 4.78 is 10.4. The zero-order valence-electron chi connectivity index (χ0n) is 15.7. The summed E-state index contributed by atoms with van der Waals surface area (Å²) in [5, 5.41) is 0. The number of Topliss-reactive ketones (excluding diaryl/α,β-unsaturated/α-hetero) is 1. The van der Waals surface area contributed by atoms with Crippen LogP contribution in [0.4, 0.5) is 4.79 Å². The van der Waals surface area contributed by atoms with E-state index in [0.717, 1.165) is 10.5 Å². The number of nitrogens with zero attached hydrogens (tertiary/aromatic N) is 1. The SMILES string of the molecule is CN(CC(N)(C(=O)CN)C(=O)OC(C)(C)C)C(=O)OCc1ccccc1. The van der Waals surface area contributed by atoms with Crippen LogP contribution >= 0.6 is 0 Å². The van der Waals surface area contributed by atoms with E-state index in [2.05, 4.69) is 0 Å². The van der Waals surface area contributed by atoms with Crippen molar-refractivity contribution in [1.29, 1.82) is 0 Å². The molecule has 1 unspecified atom stereocenters. The molecule has 0 aliphatic rings. The number of carbonyl (C=O) groups excluding carboxylic acids is 3. The molecule has 8 heteroatoms. The van der Waals surface area contributed by atoms with Crippen LogP contribution < -0.4 is 11.5 Å². The molecule has 0 heterocycles. The molecule has 1 rings (SSSR count). The highest BCUT2D eigenvalue weighted by molar-refractivity contribution is 6.09. The van der Waals surface area contributed by atoms with E-state index in [4.69, 9.17) is 20.9 Å². The summed E-state index contributed by atoms with van der Waals surface area (Å²) in [7, 11) is 1.38. The second-order valence-electron chi connectivity index (χ2n) is 7.00. The van der Waals surface area contributed by atoms with E-state index in [0.29, 0.717) is 0 Å². The predicted octanol–water partition coefficient (Wildman–Crippen LogP) is 0.822. The lowest BCUT2D eigenvalue weighted by Gasteiger charge is -2.32. The summed E-state index contributed by atoms with van der Waals surface area (Å²) in [6.45, 7) is 4.13. The van der Waals surface area contributed by atoms with Crippen molar-refractivity contribution in [1.82, 2.24) is 4.90 Å². The van der Waals surface area contributed by atoms with E-state index in [-0.39, 0.29) is 6.61 Å². The van der Waals surface area contributed by atoms with Gasteiger partial charge in [-0.3, -0.25) is 4.79 Å². The van der Waals surface area contributed by atoms with Gasteiger partial charge in [0.1, 0.15) is 12.2 Å². The van der Waals surface area contributed by atoms with Crippen molar-refractivity contribution in [3.8, 4) is 0 Å². The fraction of sp³-hybridized carbons (Fsp3) is 0.500. The Bertz CT molecular complexity index is 642. The highest BCUT2D eigenvalue weighted by Gasteiger charge is 2.46. The van der Waals surface area contributed by atoms with Crippen molar-refractivity contribution in [3.05, 3.63) is 35.9 Å². The number of hydrogen-bond donors (Lipinski definition) is 2. The number of amides is 1. The standard InChI is InChI=1S/C18H27N3O5/c1-17(2,3)26-15(23)18(20,14(22)10-19)12-21(4)16(24)25-11-13-8-6-5-7-9-13/h5-9H,10-12,19-20H2,1-4H3. The maximum Gasteiger partial charge on any atom is 0.409 e. The van der Waals surface area contributed by atoms with Gasteiger partial charge in [-0.1, -0.05) is 30.3 Å². The normalized spacial score (nSPS) is 13.5. The number of ketones is 1. The van der Waals surface area contributed by atoms with Crippen LogP contribution in [0, 0.1) is 0 Å². The summed E-state index contributed by atoms with van der Waals surface area (Å²) in [4.78, 5) is 37.8. The maximum absolute atomic E-state index is 12.4. The monoisotopic (exact) mass is 365 g/mol. The Morgan fingerprint density at radius 3 is 2.19 bits per heavy atom. The molecule has 0 fully saturated rings. The molecule has 0 spiro atoms. The van der Waals surface area contributed by atoms with Gasteiger partial charge in [0.2, 0.25) is 0 Å². The van der Waals surface area contributed by atoms with Crippen molar-refractivity contribution in [3.63, 3.8) is 0 Å². The largest absolute Gasteiger partial charge is 0.458 e. The second kappa shape index (κ2) is 8.77. The van der Waals surface area contributed by atoms with Gasteiger partial charge in [-0.05, 0) is 26.3 Å². The van der Waals surface area contributed by atoms with Crippen LogP contribution in [0.25, 0.3) is 0 Å². The molecule has 26 heavy (non-hydrogen) atoms. The Morgan fingerprint density at radius 1 is 1.12 bits per heavy atom. The van der Waals surface area contributed by atoms with Crippen molar-refractivity contribution < 1.29 is 23.9 Å². The van der Waals surface area contributed by atoms with Gasteiger partial charge in [-0.2, -0.15) is 0 Å². The molecule has 0 bridgehead atoms. The van der Waals surface area contributed by atoms with E-state index in [1.54, 1.807) is 32.9 Å². The van der Waals surface area contributed by atoms with Gasteiger partial charge in [0.25, 0.3) is 0 Å². The van der Waals surface area contributed by atoms with E-state index in [1.807, 2.05) is 18.2 Å². The maximum atomic E-state index is 12.4. The van der Waals surface area contributed by atoms with Gasteiger partial charge in [0, 0.05) is 7.05 Å². The number of benzene rings is 1. The van der Waals surface area contributed by atoms with Crippen LogP contribution in [0.1, 0.15) is 26.3 Å². The average molecular weight is 365 g/mol. The number of carbonyl (C=O) groups is 3. The Morgan fingerprint density at radius 2 is 1.69 bits per heavy atom. The van der Waals surface area contributed by atoms with Crippen LogP contribution in [0.3, 0.4) is 0 Å². The van der Waals surface area contributed by atoms with Gasteiger partial charge in [0.05, 0.1) is 13.1 Å². The molecule has 1 aromatic rings. The summed E-state index contributed by atoms with van der Waals surface area (Å²) in [5.74, 6) is -1.67. The topological polar surface area (TPSA) is 125 Å². The highest BCUT2D eigenvalue weighted by atomic mass is 16.6. The summed E-state index contributed by atoms with van der Waals surface area (Å²) in [5.41, 5.74) is 9.26. The molecule has 4 N–H and O–H groups in total. The van der Waals surface area contributed by atoms with Crippen LogP contribution in [-0.2, 0) is 25.7 Å². The third kappa shape index (κ3) is 6.12. The first-order chi connectivity index (χ1) is 12.0. The molecule has 0 aromatic heterocycles. The van der Waals surface area contributed by atoms with Gasteiger partial charge in [-0.15, -0.1) is 0 Å². The number of nitrogens with two attached hydrogens (primary N) is 2. The fourth-order valence-electron chi connectivity index (χ4n) is 2.09. The molecule has 1 amide bonds. The zero-order chi connectivity index (χ0) is 20.0. The summed E-state index contributed by atoms with van der Waals surface area (Å²) >= 11 is 0. The lowest BCUT2D eigenvalue weighted by atomic mass is 9.94. The third-order valence-corrected chi connectivity index (χ3v) is 3.45. The van der Waals surface area contributed by atoms with E-state index in [1.165, 1.54) is 7.05 Å². The Kier molecular flexibility index (Phi) is 7.29.